The summed E-state index contributed by atoms with van der Waals surface area (Å²) in [7, 11) is 0. The fraction of sp³-hybridized carbons (Fsp3) is 0.133. The van der Waals surface area contributed by atoms with Gasteiger partial charge >= 0.3 is 5.97 Å². The minimum Gasteiger partial charge on any atom is -0.477 e. The van der Waals surface area contributed by atoms with Crippen LogP contribution in [0.2, 0.25) is 0 Å². The maximum absolute atomic E-state index is 10.9. The van der Waals surface area contributed by atoms with Gasteiger partial charge in [0.2, 0.25) is 0 Å². The summed E-state index contributed by atoms with van der Waals surface area (Å²) in [5.41, 5.74) is 7.93. The number of rotatable bonds is 5. The first-order valence-corrected chi connectivity index (χ1v) is 6.73. The molecule has 0 amide bonds. The van der Waals surface area contributed by atoms with E-state index in [9.17, 15) is 4.79 Å². The maximum Gasteiger partial charge on any atom is 0.341 e. The van der Waals surface area contributed by atoms with Crippen molar-refractivity contribution in [3.05, 3.63) is 65.6 Å². The van der Waals surface area contributed by atoms with Gasteiger partial charge in [-0.2, -0.15) is 10.2 Å². The van der Waals surface area contributed by atoms with Crippen molar-refractivity contribution in [2.24, 2.45) is 0 Å². The van der Waals surface area contributed by atoms with Crippen LogP contribution in [0.1, 0.15) is 21.5 Å². The van der Waals surface area contributed by atoms with E-state index in [4.69, 9.17) is 10.8 Å². The molecule has 0 bridgehead atoms. The quantitative estimate of drug-likeness (QED) is 0.742. The molecule has 7 nitrogen and oxygen atoms in total. The predicted octanol–water partition coefficient (Wildman–Crippen LogP) is 1.46. The Morgan fingerprint density at radius 3 is 2.36 bits per heavy atom. The molecule has 3 rings (SSSR count). The molecule has 2 aromatic heterocycles. The molecule has 0 radical (unpaired) electrons. The van der Waals surface area contributed by atoms with E-state index in [1.165, 1.54) is 10.9 Å². The van der Waals surface area contributed by atoms with Gasteiger partial charge in [-0.25, -0.2) is 9.48 Å². The van der Waals surface area contributed by atoms with E-state index in [1.807, 2.05) is 41.2 Å². The third-order valence-electron chi connectivity index (χ3n) is 3.37. The zero-order valence-electron chi connectivity index (χ0n) is 11.8. The van der Waals surface area contributed by atoms with E-state index in [0.717, 1.165) is 11.1 Å². The van der Waals surface area contributed by atoms with Crippen molar-refractivity contribution in [3.8, 4) is 0 Å². The standard InChI is InChI=1S/C15H15N5O2/c16-14-13(15(21)22)8-18-20(14)10-12-4-2-11(3-5-12)9-19-7-1-6-17-19/h1-8H,9-10,16H2,(H,21,22). The average Bonchev–Trinajstić information content (AvgIpc) is 3.12. The Morgan fingerprint density at radius 1 is 1.14 bits per heavy atom. The Labute approximate surface area is 126 Å². The van der Waals surface area contributed by atoms with Gasteiger partial charge in [-0.3, -0.25) is 4.68 Å². The van der Waals surface area contributed by atoms with Crippen LogP contribution in [0.15, 0.2) is 48.9 Å². The van der Waals surface area contributed by atoms with Gasteiger partial charge in [0.15, 0.2) is 0 Å². The molecule has 0 aliphatic heterocycles. The molecule has 0 saturated carbocycles. The lowest BCUT2D eigenvalue weighted by molar-refractivity contribution is 0.0698. The van der Waals surface area contributed by atoms with Crippen LogP contribution in [-0.2, 0) is 13.1 Å². The molecule has 0 saturated heterocycles. The molecule has 7 heteroatoms. The van der Waals surface area contributed by atoms with Gasteiger partial charge in [-0.05, 0) is 17.2 Å². The second-order valence-electron chi connectivity index (χ2n) is 4.93. The van der Waals surface area contributed by atoms with Crippen LogP contribution in [0, 0.1) is 0 Å². The van der Waals surface area contributed by atoms with Gasteiger partial charge in [0.1, 0.15) is 11.4 Å². The highest BCUT2D eigenvalue weighted by Crippen LogP contribution is 2.14. The van der Waals surface area contributed by atoms with Crippen LogP contribution in [0.4, 0.5) is 5.82 Å². The van der Waals surface area contributed by atoms with E-state index in [2.05, 4.69) is 10.2 Å². The number of hydrogen-bond donors (Lipinski definition) is 2. The van der Waals surface area contributed by atoms with E-state index >= 15 is 0 Å². The minimum absolute atomic E-state index is 0.0234. The zero-order valence-corrected chi connectivity index (χ0v) is 11.8. The van der Waals surface area contributed by atoms with Crippen LogP contribution in [0.3, 0.4) is 0 Å². The predicted molar refractivity (Wildman–Crippen MR) is 80.5 cm³/mol. The number of benzene rings is 1. The number of hydrogen-bond acceptors (Lipinski definition) is 4. The molecule has 0 spiro atoms. The van der Waals surface area contributed by atoms with E-state index in [0.29, 0.717) is 13.1 Å². The average molecular weight is 297 g/mol. The summed E-state index contributed by atoms with van der Waals surface area (Å²) in [6.07, 6.45) is 4.92. The molecule has 0 fully saturated rings. The number of aromatic nitrogens is 4. The lowest BCUT2D eigenvalue weighted by Crippen LogP contribution is -2.08. The largest absolute Gasteiger partial charge is 0.477 e. The summed E-state index contributed by atoms with van der Waals surface area (Å²) in [6, 6.07) is 9.85. The van der Waals surface area contributed by atoms with Crippen molar-refractivity contribution in [2.75, 3.05) is 5.73 Å². The lowest BCUT2D eigenvalue weighted by atomic mass is 10.1. The Bertz CT molecular complexity index is 775. The van der Waals surface area contributed by atoms with Gasteiger partial charge in [-0.15, -0.1) is 0 Å². The van der Waals surface area contributed by atoms with Crippen molar-refractivity contribution >= 4 is 11.8 Å². The highest BCUT2D eigenvalue weighted by molar-refractivity contribution is 5.92. The molecule has 1 aromatic carbocycles. The van der Waals surface area contributed by atoms with Gasteiger partial charge in [0, 0.05) is 12.4 Å². The summed E-state index contributed by atoms with van der Waals surface area (Å²) < 4.78 is 3.32. The number of carboxylic acid groups (broad SMARTS) is 1. The van der Waals surface area contributed by atoms with E-state index < -0.39 is 5.97 Å². The molecule has 22 heavy (non-hydrogen) atoms. The molecule has 0 aliphatic carbocycles. The summed E-state index contributed by atoms with van der Waals surface area (Å²) in [6.45, 7) is 1.14. The van der Waals surface area contributed by atoms with Crippen LogP contribution < -0.4 is 5.73 Å². The Balaban J connectivity index is 1.72. The third kappa shape index (κ3) is 2.83. The second-order valence-corrected chi connectivity index (χ2v) is 4.93. The summed E-state index contributed by atoms with van der Waals surface area (Å²) in [5, 5.41) is 17.1. The Morgan fingerprint density at radius 2 is 1.82 bits per heavy atom. The number of carbonyl (C=O) groups is 1. The number of aromatic carboxylic acids is 1. The smallest absolute Gasteiger partial charge is 0.341 e. The maximum atomic E-state index is 10.9. The van der Waals surface area contributed by atoms with Crippen molar-refractivity contribution in [1.82, 2.24) is 19.6 Å². The number of carboxylic acids is 1. The molecular formula is C15H15N5O2. The number of anilines is 1. The SMILES string of the molecule is Nc1c(C(=O)O)cnn1Cc1ccc(Cn2cccn2)cc1. The van der Waals surface area contributed by atoms with Gasteiger partial charge in [0.25, 0.3) is 0 Å². The highest BCUT2D eigenvalue weighted by atomic mass is 16.4. The van der Waals surface area contributed by atoms with Crippen LogP contribution in [0.25, 0.3) is 0 Å². The van der Waals surface area contributed by atoms with Crippen LogP contribution >= 0.6 is 0 Å². The van der Waals surface area contributed by atoms with Crippen molar-refractivity contribution in [1.29, 1.82) is 0 Å². The third-order valence-corrected chi connectivity index (χ3v) is 3.37. The van der Waals surface area contributed by atoms with Crippen LogP contribution in [0.5, 0.6) is 0 Å². The lowest BCUT2D eigenvalue weighted by Gasteiger charge is -2.07. The molecule has 0 atom stereocenters. The molecule has 3 aromatic rings. The van der Waals surface area contributed by atoms with Crippen molar-refractivity contribution in [2.45, 2.75) is 13.1 Å². The number of nitrogens with zero attached hydrogens (tertiary/aromatic N) is 4. The highest BCUT2D eigenvalue weighted by Gasteiger charge is 2.13. The molecule has 3 N–H and O–H groups in total. The molecular weight excluding hydrogens is 282 g/mol. The molecule has 112 valence electrons. The summed E-state index contributed by atoms with van der Waals surface area (Å²) in [5.74, 6) is -0.911. The summed E-state index contributed by atoms with van der Waals surface area (Å²) >= 11 is 0. The second kappa shape index (κ2) is 5.72. The van der Waals surface area contributed by atoms with E-state index in [-0.39, 0.29) is 11.4 Å². The minimum atomic E-state index is -1.07. The molecule has 0 unspecified atom stereocenters. The van der Waals surface area contributed by atoms with Crippen LogP contribution in [-0.4, -0.2) is 30.6 Å². The number of nitrogen functional groups attached to an aromatic ring is 1. The zero-order chi connectivity index (χ0) is 15.5. The monoisotopic (exact) mass is 297 g/mol. The molecule has 0 aliphatic rings. The number of nitrogens with two attached hydrogens (primary N) is 1. The fourth-order valence-corrected chi connectivity index (χ4v) is 2.19. The summed E-state index contributed by atoms with van der Waals surface area (Å²) in [4.78, 5) is 10.9. The Kier molecular flexibility index (Phi) is 3.61. The van der Waals surface area contributed by atoms with Gasteiger partial charge < -0.3 is 10.8 Å². The normalized spacial score (nSPS) is 10.7. The first kappa shape index (κ1) is 13.9. The Hall–Kier alpha value is -3.09. The first-order chi connectivity index (χ1) is 10.6. The van der Waals surface area contributed by atoms with E-state index in [1.54, 1.807) is 6.20 Å². The van der Waals surface area contributed by atoms with Crippen molar-refractivity contribution < 1.29 is 9.90 Å². The first-order valence-electron chi connectivity index (χ1n) is 6.73. The van der Waals surface area contributed by atoms with Crippen molar-refractivity contribution in [3.63, 3.8) is 0 Å². The van der Waals surface area contributed by atoms with Gasteiger partial charge in [-0.1, -0.05) is 24.3 Å². The molecule has 2 heterocycles. The fourth-order valence-electron chi connectivity index (χ4n) is 2.19. The van der Waals surface area contributed by atoms with Gasteiger partial charge in [0.05, 0.1) is 19.3 Å². The topological polar surface area (TPSA) is 99.0 Å².